The molecule has 160 valence electrons. The van der Waals surface area contributed by atoms with Gasteiger partial charge < -0.3 is 24.1 Å². The second kappa shape index (κ2) is 9.96. The molecule has 8 nitrogen and oxygen atoms in total. The second-order valence-corrected chi connectivity index (χ2v) is 7.20. The predicted molar refractivity (Wildman–Crippen MR) is 110 cm³/mol. The van der Waals surface area contributed by atoms with E-state index >= 15 is 0 Å². The van der Waals surface area contributed by atoms with E-state index < -0.39 is 11.5 Å². The predicted octanol–water partition coefficient (Wildman–Crippen LogP) is 2.88. The molecule has 1 aromatic carbocycles. The Kier molecular flexibility index (Phi) is 7.11. The van der Waals surface area contributed by atoms with Crippen LogP contribution in [0, 0.1) is 0 Å². The molecule has 0 atom stereocenters. The van der Waals surface area contributed by atoms with Crippen molar-refractivity contribution in [3.05, 3.63) is 52.4 Å². The van der Waals surface area contributed by atoms with Crippen LogP contribution in [0.3, 0.4) is 0 Å². The Bertz CT molecular complexity index is 945. The summed E-state index contributed by atoms with van der Waals surface area (Å²) < 4.78 is 16.7. The van der Waals surface area contributed by atoms with Gasteiger partial charge in [-0.3, -0.25) is 9.59 Å². The van der Waals surface area contributed by atoms with Crippen LogP contribution in [0.1, 0.15) is 42.5 Å². The number of nitrogens with zero attached hydrogens (tertiary/aromatic N) is 1. The Hall–Kier alpha value is -3.29. The topological polar surface area (TPSA) is 95.9 Å². The number of amides is 1. The SMILES string of the molecule is COC(=O)c1cc(Oc2ccc(OC)cc2)c(=O)n(CC(=O)NC2CCCCC2)c1. The van der Waals surface area contributed by atoms with Crippen molar-refractivity contribution in [2.75, 3.05) is 14.2 Å². The van der Waals surface area contributed by atoms with Crippen molar-refractivity contribution in [2.24, 2.45) is 0 Å². The van der Waals surface area contributed by atoms with E-state index in [-0.39, 0.29) is 29.8 Å². The minimum absolute atomic E-state index is 0.0754. The van der Waals surface area contributed by atoms with Gasteiger partial charge in [-0.2, -0.15) is 0 Å². The van der Waals surface area contributed by atoms with Crippen LogP contribution in [0.25, 0.3) is 0 Å². The molecule has 1 N–H and O–H groups in total. The summed E-state index contributed by atoms with van der Waals surface area (Å²) in [5, 5.41) is 2.97. The number of ether oxygens (including phenoxy) is 3. The molecule has 1 aromatic heterocycles. The van der Waals surface area contributed by atoms with Gasteiger partial charge in [-0.05, 0) is 37.1 Å². The number of benzene rings is 1. The Labute approximate surface area is 174 Å². The molecule has 0 aliphatic heterocycles. The second-order valence-electron chi connectivity index (χ2n) is 7.20. The van der Waals surface area contributed by atoms with E-state index in [1.807, 2.05) is 0 Å². The third kappa shape index (κ3) is 5.40. The van der Waals surface area contributed by atoms with Gasteiger partial charge in [0.25, 0.3) is 5.56 Å². The van der Waals surface area contributed by atoms with Gasteiger partial charge in [0.05, 0.1) is 19.8 Å². The maximum Gasteiger partial charge on any atom is 0.339 e. The zero-order valence-electron chi connectivity index (χ0n) is 17.2. The molecule has 3 rings (SSSR count). The van der Waals surface area contributed by atoms with Crippen LogP contribution in [0.4, 0.5) is 0 Å². The molecule has 1 amide bonds. The zero-order chi connectivity index (χ0) is 21.5. The molecule has 0 bridgehead atoms. The van der Waals surface area contributed by atoms with Crippen molar-refractivity contribution < 1.29 is 23.8 Å². The minimum Gasteiger partial charge on any atom is -0.497 e. The molecule has 2 aromatic rings. The van der Waals surface area contributed by atoms with Crippen molar-refractivity contribution in [1.29, 1.82) is 0 Å². The summed E-state index contributed by atoms with van der Waals surface area (Å²) in [5.41, 5.74) is -0.400. The van der Waals surface area contributed by atoms with E-state index in [9.17, 15) is 14.4 Å². The van der Waals surface area contributed by atoms with Crippen molar-refractivity contribution in [3.8, 4) is 17.2 Å². The number of nitrogens with one attached hydrogen (secondary N) is 1. The Morgan fingerprint density at radius 2 is 1.73 bits per heavy atom. The average molecular weight is 414 g/mol. The summed E-state index contributed by atoms with van der Waals surface area (Å²) >= 11 is 0. The van der Waals surface area contributed by atoms with Crippen LogP contribution in [0.2, 0.25) is 0 Å². The number of carbonyl (C=O) groups excluding carboxylic acids is 2. The molecule has 1 aliphatic carbocycles. The molecule has 1 saturated carbocycles. The smallest absolute Gasteiger partial charge is 0.339 e. The molecule has 1 heterocycles. The Balaban J connectivity index is 1.83. The van der Waals surface area contributed by atoms with Gasteiger partial charge in [0.2, 0.25) is 5.91 Å². The normalized spacial score (nSPS) is 14.1. The molecule has 0 saturated heterocycles. The van der Waals surface area contributed by atoms with Gasteiger partial charge in [-0.25, -0.2) is 4.79 Å². The van der Waals surface area contributed by atoms with Crippen LogP contribution >= 0.6 is 0 Å². The molecular weight excluding hydrogens is 388 g/mol. The highest BCUT2D eigenvalue weighted by Crippen LogP contribution is 2.22. The van der Waals surface area contributed by atoms with Gasteiger partial charge in [-0.1, -0.05) is 19.3 Å². The fourth-order valence-electron chi connectivity index (χ4n) is 3.47. The fraction of sp³-hybridized carbons (Fsp3) is 0.409. The first kappa shape index (κ1) is 21.4. The molecule has 1 aliphatic rings. The summed E-state index contributed by atoms with van der Waals surface area (Å²) in [7, 11) is 2.80. The summed E-state index contributed by atoms with van der Waals surface area (Å²) in [6, 6.07) is 8.10. The number of esters is 1. The van der Waals surface area contributed by atoms with E-state index in [2.05, 4.69) is 5.32 Å². The maximum absolute atomic E-state index is 12.9. The van der Waals surface area contributed by atoms with Crippen LogP contribution in [0.15, 0.2) is 41.3 Å². The van der Waals surface area contributed by atoms with E-state index in [1.165, 1.54) is 30.4 Å². The number of hydrogen-bond acceptors (Lipinski definition) is 6. The summed E-state index contributed by atoms with van der Waals surface area (Å²) in [6.45, 7) is -0.209. The van der Waals surface area contributed by atoms with Gasteiger partial charge in [0, 0.05) is 18.3 Å². The van der Waals surface area contributed by atoms with Crippen LogP contribution < -0.4 is 20.3 Å². The van der Waals surface area contributed by atoms with Crippen molar-refractivity contribution in [2.45, 2.75) is 44.7 Å². The van der Waals surface area contributed by atoms with E-state index in [0.29, 0.717) is 11.5 Å². The molecule has 0 spiro atoms. The molecule has 1 fully saturated rings. The Morgan fingerprint density at radius 1 is 1.07 bits per heavy atom. The summed E-state index contributed by atoms with van der Waals surface area (Å²) in [5.74, 6) is 0.0570. The Morgan fingerprint density at radius 3 is 2.37 bits per heavy atom. The quantitative estimate of drug-likeness (QED) is 0.700. The first-order valence-corrected chi connectivity index (χ1v) is 9.94. The highest BCUT2D eigenvalue weighted by atomic mass is 16.5. The third-order valence-corrected chi connectivity index (χ3v) is 5.05. The van der Waals surface area contributed by atoms with Gasteiger partial charge in [0.15, 0.2) is 5.75 Å². The molecule has 8 heteroatoms. The van der Waals surface area contributed by atoms with E-state index in [1.54, 1.807) is 31.4 Å². The number of hydrogen-bond donors (Lipinski definition) is 1. The van der Waals surface area contributed by atoms with E-state index in [0.717, 1.165) is 25.7 Å². The third-order valence-electron chi connectivity index (χ3n) is 5.05. The van der Waals surface area contributed by atoms with Crippen LogP contribution in [-0.2, 0) is 16.1 Å². The average Bonchev–Trinajstić information content (AvgIpc) is 2.77. The lowest BCUT2D eigenvalue weighted by Crippen LogP contribution is -2.40. The van der Waals surface area contributed by atoms with Crippen molar-refractivity contribution >= 4 is 11.9 Å². The standard InChI is InChI=1S/C22H26N2O6/c1-28-17-8-10-18(11-9-17)30-19-12-15(22(27)29-2)13-24(21(19)26)14-20(25)23-16-6-4-3-5-7-16/h8-13,16H,3-7,14H2,1-2H3,(H,23,25). The van der Waals surface area contributed by atoms with Crippen molar-refractivity contribution in [1.82, 2.24) is 9.88 Å². The zero-order valence-corrected chi connectivity index (χ0v) is 17.2. The minimum atomic E-state index is -0.629. The lowest BCUT2D eigenvalue weighted by molar-refractivity contribution is -0.122. The van der Waals surface area contributed by atoms with Gasteiger partial charge in [0.1, 0.15) is 18.0 Å². The first-order valence-electron chi connectivity index (χ1n) is 9.94. The number of aromatic nitrogens is 1. The molecule has 30 heavy (non-hydrogen) atoms. The number of carbonyl (C=O) groups is 2. The number of methoxy groups -OCH3 is 2. The number of rotatable bonds is 7. The van der Waals surface area contributed by atoms with E-state index in [4.69, 9.17) is 14.2 Å². The van der Waals surface area contributed by atoms with Gasteiger partial charge in [-0.15, -0.1) is 0 Å². The lowest BCUT2D eigenvalue weighted by atomic mass is 9.95. The van der Waals surface area contributed by atoms with Crippen LogP contribution in [0.5, 0.6) is 17.2 Å². The van der Waals surface area contributed by atoms with Crippen LogP contribution in [-0.4, -0.2) is 36.7 Å². The number of pyridine rings is 1. The molecule has 0 unspecified atom stereocenters. The largest absolute Gasteiger partial charge is 0.497 e. The highest BCUT2D eigenvalue weighted by molar-refractivity contribution is 5.89. The monoisotopic (exact) mass is 414 g/mol. The molecule has 0 radical (unpaired) electrons. The lowest BCUT2D eigenvalue weighted by Gasteiger charge is -2.23. The summed E-state index contributed by atoms with van der Waals surface area (Å²) in [6.07, 6.45) is 6.54. The van der Waals surface area contributed by atoms with Gasteiger partial charge >= 0.3 is 5.97 Å². The molecular formula is C22H26N2O6. The summed E-state index contributed by atoms with van der Waals surface area (Å²) in [4.78, 5) is 37.4. The highest BCUT2D eigenvalue weighted by Gasteiger charge is 2.19. The maximum atomic E-state index is 12.9. The van der Waals surface area contributed by atoms with Crippen molar-refractivity contribution in [3.63, 3.8) is 0 Å². The first-order chi connectivity index (χ1) is 14.5. The fourth-order valence-corrected chi connectivity index (χ4v) is 3.47.